The van der Waals surface area contributed by atoms with E-state index in [0.717, 1.165) is 0 Å². The zero-order valence-electron chi connectivity index (χ0n) is 2.31. The van der Waals surface area contributed by atoms with Gasteiger partial charge in [-0.05, 0) is 0 Å². The molecule has 0 aromatic heterocycles. The molecular formula is H6O2Pb2. The number of rotatable bonds is 0. The van der Waals surface area contributed by atoms with Gasteiger partial charge in [0.2, 0.25) is 0 Å². The minimum atomic E-state index is 0. The zero-order chi connectivity index (χ0) is 2.00. The van der Waals surface area contributed by atoms with Crippen LogP contribution in [0.4, 0.5) is 0 Å². The molecule has 0 fully saturated rings. The van der Waals surface area contributed by atoms with E-state index in [4.69, 9.17) is 10.5 Å². The van der Waals surface area contributed by atoms with Crippen LogP contribution in [0, 0.1) is 0 Å². The van der Waals surface area contributed by atoms with E-state index in [1.165, 1.54) is 0 Å². The Hall–Kier alpha value is 1.76. The van der Waals surface area contributed by atoms with Crippen LogP contribution in [0.15, 0.2) is 0 Å². The first-order valence-corrected chi connectivity index (χ1v) is 0.200. The summed E-state index contributed by atoms with van der Waals surface area (Å²) in [5.74, 6) is 0. The van der Waals surface area contributed by atoms with Crippen molar-refractivity contribution in [2.75, 3.05) is 0 Å². The summed E-state index contributed by atoms with van der Waals surface area (Å²) in [5.41, 5.74) is 0. The molecule has 0 saturated carbocycles. The molecule has 0 heterocycles. The third-order valence-corrected chi connectivity index (χ3v) is 0. The van der Waals surface area contributed by atoms with Crippen molar-refractivity contribution in [3.05, 3.63) is 0 Å². The van der Waals surface area contributed by atoms with E-state index in [2.05, 4.69) is 0 Å². The van der Waals surface area contributed by atoms with Crippen LogP contribution in [0.1, 0.15) is 0 Å². The molecule has 2 nitrogen and oxygen atoms in total. The van der Waals surface area contributed by atoms with E-state index in [9.17, 15) is 0 Å². The van der Waals surface area contributed by atoms with Gasteiger partial charge in [-0.2, -0.15) is 0 Å². The molecule has 4 heavy (non-hydrogen) atoms. The number of hydrogen-bond donors (Lipinski definition) is 2. The molecule has 2 N–H and O–H groups in total. The fourth-order valence-electron chi connectivity index (χ4n) is 0. The molecule has 4 radical (unpaired) electrons. The molecule has 0 spiro atoms. The Bertz CT molecular complexity index is 4.00. The van der Waals surface area contributed by atoms with Gasteiger partial charge in [-0.15, -0.1) is 0 Å². The van der Waals surface area contributed by atoms with Crippen LogP contribution < -0.4 is 0 Å². The van der Waals surface area contributed by atoms with Gasteiger partial charge in [-0.1, -0.05) is 0 Å². The molecule has 0 bridgehead atoms. The van der Waals surface area contributed by atoms with Gasteiger partial charge in [0.25, 0.3) is 0 Å². The fraction of sp³-hybridized carbons (Fsp3) is 0. The molecule has 0 rings (SSSR count). The van der Waals surface area contributed by atoms with Gasteiger partial charge in [0, 0.05) is 0 Å². The van der Waals surface area contributed by atoms with Gasteiger partial charge in [0.1, 0.15) is 0 Å². The molecule has 0 unspecified atom stereocenters. The predicted octanol–water partition coefficient (Wildman–Crippen LogP) is -1.82. The summed E-state index contributed by atoms with van der Waals surface area (Å²) in [6.07, 6.45) is 0. The molecule has 0 aliphatic heterocycles. The summed E-state index contributed by atoms with van der Waals surface area (Å²) >= 11 is 0. The van der Waals surface area contributed by atoms with Crippen molar-refractivity contribution < 1.29 is 10.5 Å². The van der Waals surface area contributed by atoms with Gasteiger partial charge in [-0.3, -0.25) is 10.5 Å². The second kappa shape index (κ2) is 21.7. The Morgan fingerprint density at radius 1 is 0.750 bits per heavy atom. The molecule has 0 saturated heterocycles. The molecule has 0 aliphatic carbocycles. The van der Waals surface area contributed by atoms with Crippen molar-refractivity contribution in [1.82, 2.24) is 0 Å². The van der Waals surface area contributed by atoms with Crippen LogP contribution in [0.3, 0.4) is 0 Å². The second-order valence-corrected chi connectivity index (χ2v) is 0. The van der Waals surface area contributed by atoms with Gasteiger partial charge in [0.15, 0.2) is 0 Å². The quantitative estimate of drug-likeness (QED) is 0.258. The summed E-state index contributed by atoms with van der Waals surface area (Å²) in [6.45, 7) is 0. The van der Waals surface area contributed by atoms with Crippen molar-refractivity contribution in [2.24, 2.45) is 0 Å². The van der Waals surface area contributed by atoms with Gasteiger partial charge in [-0.25, -0.2) is 0 Å². The average molecular weight is 452 g/mol. The summed E-state index contributed by atoms with van der Waals surface area (Å²) in [7, 11) is 0. The molecule has 0 amide bonds. The van der Waals surface area contributed by atoms with Gasteiger partial charge >= 0.3 is 54.6 Å². The summed E-state index contributed by atoms with van der Waals surface area (Å²) in [6, 6.07) is 0. The fourth-order valence-corrected chi connectivity index (χ4v) is 0. The van der Waals surface area contributed by atoms with Gasteiger partial charge in [0.05, 0.1) is 0 Å². The number of hydrogen-bond acceptors (Lipinski definition) is 2. The SMILES string of the molecule is OO.[PbH2].[PbH2]. The van der Waals surface area contributed by atoms with Crippen LogP contribution in [0.25, 0.3) is 0 Å². The maximum atomic E-state index is 6.00. The third kappa shape index (κ3) is 9.24. The van der Waals surface area contributed by atoms with E-state index < -0.39 is 0 Å². The van der Waals surface area contributed by atoms with Crippen LogP contribution >= 0.6 is 0 Å². The molecule has 0 aromatic carbocycles. The minimum absolute atomic E-state index is 0. The van der Waals surface area contributed by atoms with Gasteiger partial charge < -0.3 is 0 Å². The van der Waals surface area contributed by atoms with Crippen LogP contribution in [-0.4, -0.2) is 65.1 Å². The van der Waals surface area contributed by atoms with E-state index in [1.54, 1.807) is 0 Å². The van der Waals surface area contributed by atoms with E-state index in [-0.39, 0.29) is 54.6 Å². The van der Waals surface area contributed by atoms with E-state index >= 15 is 0 Å². The molecule has 26 valence electrons. The van der Waals surface area contributed by atoms with Crippen molar-refractivity contribution in [2.45, 2.75) is 0 Å². The molecular weight excluding hydrogens is 446 g/mol. The average Bonchev–Trinajstić information content (AvgIpc) is 1.00. The summed E-state index contributed by atoms with van der Waals surface area (Å²) < 4.78 is 0. The predicted molar refractivity (Wildman–Crippen MR) is 22.3 cm³/mol. The first-order valence-electron chi connectivity index (χ1n) is 0.200. The molecule has 0 aromatic rings. The Balaban J connectivity index is -0.00000000500. The second-order valence-electron chi connectivity index (χ2n) is 0. The molecule has 0 aliphatic rings. The third-order valence-electron chi connectivity index (χ3n) is 0. The van der Waals surface area contributed by atoms with E-state index in [1.807, 2.05) is 0 Å². The normalized spacial score (nSPS) is 1.50. The molecule has 4 heteroatoms. The Morgan fingerprint density at radius 3 is 0.750 bits per heavy atom. The standard InChI is InChI=1S/H2O2.2Pb.4H/c1-2;;;;;;/h1-2H;;;;;;. The van der Waals surface area contributed by atoms with Crippen molar-refractivity contribution in [1.29, 1.82) is 0 Å². The maximum absolute atomic E-state index is 6.00. The zero-order valence-corrected chi connectivity index (χ0v) is 13.3. The Morgan fingerprint density at radius 2 is 0.750 bits per heavy atom. The van der Waals surface area contributed by atoms with Crippen LogP contribution in [0.2, 0.25) is 0 Å². The summed E-state index contributed by atoms with van der Waals surface area (Å²) in [4.78, 5) is 0. The summed E-state index contributed by atoms with van der Waals surface area (Å²) in [5, 5.41) is 12.0. The topological polar surface area (TPSA) is 40.5 Å². The van der Waals surface area contributed by atoms with E-state index in [0.29, 0.717) is 0 Å². The first-order chi connectivity index (χ1) is 1.00. The Kier molecular flexibility index (Phi) is 92.8. The van der Waals surface area contributed by atoms with Crippen molar-refractivity contribution in [3.8, 4) is 0 Å². The Labute approximate surface area is 64.5 Å². The monoisotopic (exact) mass is 454 g/mol. The van der Waals surface area contributed by atoms with Crippen LogP contribution in [-0.2, 0) is 0 Å². The van der Waals surface area contributed by atoms with Crippen LogP contribution in [0.5, 0.6) is 0 Å². The van der Waals surface area contributed by atoms with Crippen molar-refractivity contribution in [3.63, 3.8) is 0 Å². The molecule has 0 atom stereocenters. The van der Waals surface area contributed by atoms with Crippen molar-refractivity contribution >= 4 is 54.6 Å². The first kappa shape index (κ1) is 17.1.